The summed E-state index contributed by atoms with van der Waals surface area (Å²) in [5, 5.41) is 0. The molecule has 2 saturated heterocycles. The van der Waals surface area contributed by atoms with Crippen molar-refractivity contribution in [2.75, 3.05) is 0 Å². The standard InChI is InChI=1S/C12H20O/c1-5-6(2)10-9(5)11-7(3)8(4)12(10)13-11/h5-12H,1-4H3. The van der Waals surface area contributed by atoms with E-state index in [2.05, 4.69) is 27.7 Å². The Labute approximate surface area is 80.8 Å². The normalized spacial score (nSPS) is 69.2. The molecular weight excluding hydrogens is 160 g/mol. The van der Waals surface area contributed by atoms with Crippen molar-refractivity contribution in [3.05, 3.63) is 0 Å². The molecule has 1 aliphatic carbocycles. The van der Waals surface area contributed by atoms with E-state index in [9.17, 15) is 0 Å². The third kappa shape index (κ3) is 0.743. The van der Waals surface area contributed by atoms with Crippen molar-refractivity contribution < 1.29 is 4.74 Å². The van der Waals surface area contributed by atoms with Crippen LogP contribution < -0.4 is 0 Å². The molecule has 3 rings (SSSR count). The summed E-state index contributed by atoms with van der Waals surface area (Å²) >= 11 is 0. The monoisotopic (exact) mass is 180 g/mol. The smallest absolute Gasteiger partial charge is 0.0642 e. The Morgan fingerprint density at radius 1 is 0.615 bits per heavy atom. The van der Waals surface area contributed by atoms with Gasteiger partial charge in [-0.3, -0.25) is 0 Å². The van der Waals surface area contributed by atoms with Crippen LogP contribution in [-0.4, -0.2) is 12.2 Å². The Kier molecular flexibility index (Phi) is 1.47. The second-order valence-electron chi connectivity index (χ2n) is 5.66. The molecule has 0 spiro atoms. The first-order valence-corrected chi connectivity index (χ1v) is 5.78. The lowest BCUT2D eigenvalue weighted by Crippen LogP contribution is -2.54. The molecule has 2 heterocycles. The fraction of sp³-hybridized carbons (Fsp3) is 1.00. The predicted molar refractivity (Wildman–Crippen MR) is 52.3 cm³/mol. The highest BCUT2D eigenvalue weighted by molar-refractivity contribution is 5.12. The van der Waals surface area contributed by atoms with Crippen molar-refractivity contribution >= 4 is 0 Å². The van der Waals surface area contributed by atoms with E-state index in [0.29, 0.717) is 12.2 Å². The van der Waals surface area contributed by atoms with Crippen LogP contribution in [0.25, 0.3) is 0 Å². The Morgan fingerprint density at radius 2 is 1.00 bits per heavy atom. The van der Waals surface area contributed by atoms with Crippen molar-refractivity contribution in [3.8, 4) is 0 Å². The predicted octanol–water partition coefficient (Wildman–Crippen LogP) is 2.56. The van der Waals surface area contributed by atoms with E-state index in [1.54, 1.807) is 0 Å². The summed E-state index contributed by atoms with van der Waals surface area (Å²) in [5.41, 5.74) is 0. The van der Waals surface area contributed by atoms with Crippen LogP contribution in [0, 0.1) is 35.5 Å². The largest absolute Gasteiger partial charge is 0.374 e. The molecule has 3 aliphatic rings. The van der Waals surface area contributed by atoms with Gasteiger partial charge in [-0.1, -0.05) is 27.7 Å². The van der Waals surface area contributed by atoms with E-state index < -0.39 is 0 Å². The number of hydrogen-bond donors (Lipinski definition) is 0. The maximum atomic E-state index is 6.12. The summed E-state index contributed by atoms with van der Waals surface area (Å²) < 4.78 is 6.12. The molecule has 3 fully saturated rings. The molecule has 2 bridgehead atoms. The van der Waals surface area contributed by atoms with Gasteiger partial charge in [0.05, 0.1) is 12.2 Å². The van der Waals surface area contributed by atoms with Gasteiger partial charge in [0.2, 0.25) is 0 Å². The highest BCUT2D eigenvalue weighted by atomic mass is 16.5. The first-order valence-electron chi connectivity index (χ1n) is 5.78. The van der Waals surface area contributed by atoms with Crippen LogP contribution in [0.1, 0.15) is 27.7 Å². The summed E-state index contributed by atoms with van der Waals surface area (Å²) in [7, 11) is 0. The zero-order valence-corrected chi connectivity index (χ0v) is 9.03. The van der Waals surface area contributed by atoms with Crippen LogP contribution in [0.3, 0.4) is 0 Å². The zero-order chi connectivity index (χ0) is 9.33. The zero-order valence-electron chi connectivity index (χ0n) is 9.03. The minimum absolute atomic E-state index is 0.608. The van der Waals surface area contributed by atoms with Gasteiger partial charge >= 0.3 is 0 Å². The van der Waals surface area contributed by atoms with Gasteiger partial charge in [0, 0.05) is 0 Å². The van der Waals surface area contributed by atoms with Crippen molar-refractivity contribution in [2.24, 2.45) is 35.5 Å². The average Bonchev–Trinajstić information content (AvgIpc) is 2.61. The Morgan fingerprint density at radius 3 is 1.38 bits per heavy atom. The van der Waals surface area contributed by atoms with E-state index in [1.165, 1.54) is 0 Å². The highest BCUT2D eigenvalue weighted by Gasteiger charge is 2.65. The third-order valence-electron chi connectivity index (χ3n) is 5.43. The second-order valence-corrected chi connectivity index (χ2v) is 5.66. The van der Waals surface area contributed by atoms with Crippen molar-refractivity contribution in [3.63, 3.8) is 0 Å². The molecule has 2 aliphatic heterocycles. The summed E-state index contributed by atoms with van der Waals surface area (Å²) in [6.45, 7) is 9.57. The van der Waals surface area contributed by atoms with E-state index in [0.717, 1.165) is 35.5 Å². The molecule has 13 heavy (non-hydrogen) atoms. The van der Waals surface area contributed by atoms with Crippen LogP contribution in [-0.2, 0) is 4.74 Å². The van der Waals surface area contributed by atoms with Gasteiger partial charge in [-0.05, 0) is 35.5 Å². The highest BCUT2D eigenvalue weighted by Crippen LogP contribution is 2.63. The van der Waals surface area contributed by atoms with Gasteiger partial charge in [0.25, 0.3) is 0 Å². The summed E-state index contributed by atoms with van der Waals surface area (Å²) in [4.78, 5) is 0. The number of fused-ring (bicyclic) bond motifs is 5. The molecule has 8 atom stereocenters. The lowest BCUT2D eigenvalue weighted by atomic mass is 9.50. The molecule has 8 unspecified atom stereocenters. The second kappa shape index (κ2) is 2.31. The first-order chi connectivity index (χ1) is 6.13. The Balaban J connectivity index is 1.90. The SMILES string of the molecule is CC1C(C)C2OC1C1C(C)C(C)C21. The molecule has 1 nitrogen and oxygen atoms in total. The minimum Gasteiger partial charge on any atom is -0.374 e. The molecule has 0 amide bonds. The maximum absolute atomic E-state index is 6.12. The molecule has 0 aromatic heterocycles. The van der Waals surface area contributed by atoms with Crippen LogP contribution in [0.5, 0.6) is 0 Å². The van der Waals surface area contributed by atoms with Gasteiger partial charge in [0.1, 0.15) is 0 Å². The van der Waals surface area contributed by atoms with E-state index in [4.69, 9.17) is 4.74 Å². The van der Waals surface area contributed by atoms with Crippen molar-refractivity contribution in [1.29, 1.82) is 0 Å². The lowest BCUT2D eigenvalue weighted by Gasteiger charge is -2.52. The first kappa shape index (κ1) is 8.28. The molecule has 0 radical (unpaired) electrons. The van der Waals surface area contributed by atoms with E-state index in [1.807, 2.05) is 0 Å². The van der Waals surface area contributed by atoms with Gasteiger partial charge in [0.15, 0.2) is 0 Å². The van der Waals surface area contributed by atoms with Crippen molar-refractivity contribution in [1.82, 2.24) is 0 Å². The summed E-state index contributed by atoms with van der Waals surface area (Å²) in [5.74, 6) is 5.25. The topological polar surface area (TPSA) is 9.23 Å². The van der Waals surface area contributed by atoms with Gasteiger partial charge < -0.3 is 4.74 Å². The summed E-state index contributed by atoms with van der Waals surface area (Å²) in [6.07, 6.45) is 1.22. The van der Waals surface area contributed by atoms with Gasteiger partial charge in [-0.2, -0.15) is 0 Å². The van der Waals surface area contributed by atoms with Gasteiger partial charge in [-0.15, -0.1) is 0 Å². The van der Waals surface area contributed by atoms with Gasteiger partial charge in [-0.25, -0.2) is 0 Å². The quantitative estimate of drug-likeness (QED) is 0.556. The molecular formula is C12H20O. The fourth-order valence-corrected chi connectivity index (χ4v) is 4.20. The molecule has 0 aromatic carbocycles. The maximum Gasteiger partial charge on any atom is 0.0642 e. The molecule has 1 saturated carbocycles. The molecule has 0 N–H and O–H groups in total. The van der Waals surface area contributed by atoms with Crippen LogP contribution in [0.4, 0.5) is 0 Å². The molecule has 1 heteroatoms. The fourth-order valence-electron chi connectivity index (χ4n) is 4.20. The van der Waals surface area contributed by atoms with Crippen LogP contribution in [0.2, 0.25) is 0 Å². The van der Waals surface area contributed by atoms with E-state index in [-0.39, 0.29) is 0 Å². The Hall–Kier alpha value is -0.0400. The van der Waals surface area contributed by atoms with E-state index >= 15 is 0 Å². The molecule has 0 aromatic rings. The van der Waals surface area contributed by atoms with Crippen LogP contribution in [0.15, 0.2) is 0 Å². The van der Waals surface area contributed by atoms with Crippen LogP contribution >= 0.6 is 0 Å². The number of rotatable bonds is 0. The lowest BCUT2D eigenvalue weighted by molar-refractivity contribution is -0.0366. The number of ether oxygens (including phenoxy) is 1. The summed E-state index contributed by atoms with van der Waals surface area (Å²) in [6, 6.07) is 0. The van der Waals surface area contributed by atoms with Crippen molar-refractivity contribution in [2.45, 2.75) is 39.9 Å². The average molecular weight is 180 g/mol. The number of hydrogen-bond acceptors (Lipinski definition) is 1. The third-order valence-corrected chi connectivity index (χ3v) is 5.43. The Bertz CT molecular complexity index is 209. The minimum atomic E-state index is 0.608. The molecule has 74 valence electrons.